The number of nitrogens with zero attached hydrogens (tertiary/aromatic N) is 2. The molecule has 0 fully saturated rings. The number of benzene rings is 1. The zero-order valence-electron chi connectivity index (χ0n) is 8.38. The highest BCUT2D eigenvalue weighted by molar-refractivity contribution is 8.04. The Morgan fingerprint density at radius 2 is 2.25 bits per heavy atom. The normalized spacial score (nSPS) is 17.4. The van der Waals surface area contributed by atoms with E-state index in [0.29, 0.717) is 16.6 Å². The second-order valence-corrected chi connectivity index (χ2v) is 4.49. The van der Waals surface area contributed by atoms with Gasteiger partial charge in [0.2, 0.25) is 0 Å². The second kappa shape index (κ2) is 3.38. The van der Waals surface area contributed by atoms with Gasteiger partial charge < -0.3 is 10.6 Å². The lowest BCUT2D eigenvalue weighted by molar-refractivity contribution is -0.113. The van der Waals surface area contributed by atoms with Gasteiger partial charge in [0.1, 0.15) is 4.91 Å². The first-order valence-corrected chi connectivity index (χ1v) is 5.83. The lowest BCUT2D eigenvalue weighted by atomic mass is 10.1. The lowest BCUT2D eigenvalue weighted by Crippen LogP contribution is -2.22. The number of rotatable bonds is 1. The SMILES string of the molecule is NC(=O)C1=C2N=Cc3ccccc3N2CS1. The summed E-state index contributed by atoms with van der Waals surface area (Å²) < 4.78 is 0. The average Bonchev–Trinajstić information content (AvgIpc) is 2.73. The van der Waals surface area contributed by atoms with Crippen LogP contribution in [0.1, 0.15) is 5.56 Å². The van der Waals surface area contributed by atoms with Crippen LogP contribution in [0.15, 0.2) is 40.0 Å². The van der Waals surface area contributed by atoms with E-state index in [-0.39, 0.29) is 0 Å². The highest BCUT2D eigenvalue weighted by atomic mass is 32.2. The number of fused-ring (bicyclic) bond motifs is 3. The number of hydrogen-bond donors (Lipinski definition) is 1. The van der Waals surface area contributed by atoms with Crippen molar-refractivity contribution in [1.82, 2.24) is 0 Å². The molecular formula is C11H9N3OS. The Morgan fingerprint density at radius 1 is 1.44 bits per heavy atom. The van der Waals surface area contributed by atoms with Crippen molar-refractivity contribution in [2.45, 2.75) is 0 Å². The standard InChI is InChI=1S/C11H9N3OS/c12-10(15)9-11-13-5-7-3-1-2-4-8(7)14(11)6-16-9/h1-5H,6H2,(H2,12,15). The van der Waals surface area contributed by atoms with Crippen LogP contribution in [0.4, 0.5) is 5.69 Å². The summed E-state index contributed by atoms with van der Waals surface area (Å²) in [5, 5.41) is 0. The van der Waals surface area contributed by atoms with Crippen LogP contribution in [0.2, 0.25) is 0 Å². The van der Waals surface area contributed by atoms with Crippen LogP contribution in [0.3, 0.4) is 0 Å². The predicted octanol–water partition coefficient (Wildman–Crippen LogP) is 1.28. The molecule has 80 valence electrons. The van der Waals surface area contributed by atoms with Crippen LogP contribution >= 0.6 is 11.8 Å². The van der Waals surface area contributed by atoms with E-state index in [4.69, 9.17) is 5.73 Å². The zero-order valence-corrected chi connectivity index (χ0v) is 9.20. The fourth-order valence-corrected chi connectivity index (χ4v) is 2.80. The van der Waals surface area contributed by atoms with Gasteiger partial charge in [0.25, 0.3) is 5.91 Å². The number of carbonyl (C=O) groups is 1. The number of thioether (sulfide) groups is 1. The van der Waals surface area contributed by atoms with Crippen LogP contribution in [-0.2, 0) is 4.79 Å². The summed E-state index contributed by atoms with van der Waals surface area (Å²) in [6.45, 7) is 0. The third-order valence-electron chi connectivity index (χ3n) is 2.57. The van der Waals surface area contributed by atoms with Crippen molar-refractivity contribution in [2.75, 3.05) is 10.8 Å². The molecule has 2 heterocycles. The van der Waals surface area contributed by atoms with Crippen LogP contribution in [-0.4, -0.2) is 18.0 Å². The molecule has 0 aromatic heterocycles. The number of nitrogens with two attached hydrogens (primary N) is 1. The summed E-state index contributed by atoms with van der Waals surface area (Å²) in [7, 11) is 0. The van der Waals surface area contributed by atoms with E-state index in [1.165, 1.54) is 11.8 Å². The van der Waals surface area contributed by atoms with E-state index in [9.17, 15) is 4.79 Å². The van der Waals surface area contributed by atoms with E-state index in [2.05, 4.69) is 4.99 Å². The van der Waals surface area contributed by atoms with Crippen molar-refractivity contribution in [3.63, 3.8) is 0 Å². The van der Waals surface area contributed by atoms with Crippen molar-refractivity contribution in [3.8, 4) is 0 Å². The maximum atomic E-state index is 11.2. The Hall–Kier alpha value is -1.75. The smallest absolute Gasteiger partial charge is 0.258 e. The summed E-state index contributed by atoms with van der Waals surface area (Å²) in [4.78, 5) is 18.1. The second-order valence-electron chi connectivity index (χ2n) is 3.54. The monoisotopic (exact) mass is 231 g/mol. The van der Waals surface area contributed by atoms with E-state index in [0.717, 1.165) is 11.3 Å². The molecule has 0 radical (unpaired) electrons. The summed E-state index contributed by atoms with van der Waals surface area (Å²) in [6.07, 6.45) is 1.77. The topological polar surface area (TPSA) is 58.7 Å². The molecule has 0 aliphatic carbocycles. The maximum absolute atomic E-state index is 11.2. The highest BCUT2D eigenvalue weighted by Crippen LogP contribution is 2.39. The molecule has 1 amide bonds. The predicted molar refractivity (Wildman–Crippen MR) is 65.2 cm³/mol. The molecule has 4 nitrogen and oxygen atoms in total. The molecule has 2 aliphatic rings. The van der Waals surface area contributed by atoms with Gasteiger partial charge in [0.05, 0.1) is 11.6 Å². The molecule has 2 aliphatic heterocycles. The summed E-state index contributed by atoms with van der Waals surface area (Å²) in [5.41, 5.74) is 7.45. The first kappa shape index (κ1) is 9.47. The average molecular weight is 231 g/mol. The molecule has 0 bridgehead atoms. The molecule has 1 aromatic rings. The summed E-state index contributed by atoms with van der Waals surface area (Å²) >= 11 is 1.44. The van der Waals surface area contributed by atoms with Crippen molar-refractivity contribution in [2.24, 2.45) is 10.7 Å². The van der Waals surface area contributed by atoms with Gasteiger partial charge in [-0.2, -0.15) is 0 Å². The minimum Gasteiger partial charge on any atom is -0.365 e. The third kappa shape index (κ3) is 1.25. The zero-order chi connectivity index (χ0) is 11.1. The van der Waals surface area contributed by atoms with Gasteiger partial charge in [-0.15, -0.1) is 0 Å². The van der Waals surface area contributed by atoms with Crippen LogP contribution < -0.4 is 10.6 Å². The van der Waals surface area contributed by atoms with E-state index >= 15 is 0 Å². The Labute approximate surface area is 96.8 Å². The van der Waals surface area contributed by atoms with Gasteiger partial charge in [-0.25, -0.2) is 4.99 Å². The Bertz CT molecular complexity index is 536. The number of hydrogen-bond acceptors (Lipinski definition) is 4. The van der Waals surface area contributed by atoms with Crippen molar-refractivity contribution in [3.05, 3.63) is 40.6 Å². The molecule has 1 aromatic carbocycles. The first-order chi connectivity index (χ1) is 7.77. The fraction of sp³-hybridized carbons (Fsp3) is 0.0909. The minimum atomic E-state index is -0.404. The lowest BCUT2D eigenvalue weighted by Gasteiger charge is -2.24. The first-order valence-electron chi connectivity index (χ1n) is 4.85. The molecule has 5 heteroatoms. The molecule has 16 heavy (non-hydrogen) atoms. The molecule has 0 atom stereocenters. The van der Waals surface area contributed by atoms with Crippen molar-refractivity contribution < 1.29 is 4.79 Å². The van der Waals surface area contributed by atoms with Gasteiger partial charge in [-0.3, -0.25) is 4.79 Å². The van der Waals surface area contributed by atoms with Gasteiger partial charge in [-0.05, 0) is 6.07 Å². The van der Waals surface area contributed by atoms with E-state index in [1.807, 2.05) is 29.2 Å². The Morgan fingerprint density at radius 3 is 3.06 bits per heavy atom. The summed E-state index contributed by atoms with van der Waals surface area (Å²) in [5.74, 6) is 0.970. The molecule has 0 unspecified atom stereocenters. The van der Waals surface area contributed by atoms with Crippen LogP contribution in [0, 0.1) is 0 Å². The molecular weight excluding hydrogens is 222 g/mol. The third-order valence-corrected chi connectivity index (χ3v) is 3.63. The molecule has 0 spiro atoms. The molecule has 3 rings (SSSR count). The summed E-state index contributed by atoms with van der Waals surface area (Å²) in [6, 6.07) is 7.97. The van der Waals surface area contributed by atoms with E-state index in [1.54, 1.807) is 6.21 Å². The molecule has 0 saturated heterocycles. The van der Waals surface area contributed by atoms with Gasteiger partial charge in [-0.1, -0.05) is 30.0 Å². The van der Waals surface area contributed by atoms with Gasteiger partial charge in [0.15, 0.2) is 5.82 Å². The largest absolute Gasteiger partial charge is 0.365 e. The van der Waals surface area contributed by atoms with Gasteiger partial charge in [0, 0.05) is 11.8 Å². The highest BCUT2D eigenvalue weighted by Gasteiger charge is 2.30. The quantitative estimate of drug-likeness (QED) is 0.792. The van der Waals surface area contributed by atoms with Crippen LogP contribution in [0.5, 0.6) is 0 Å². The van der Waals surface area contributed by atoms with E-state index < -0.39 is 5.91 Å². The van der Waals surface area contributed by atoms with Gasteiger partial charge >= 0.3 is 0 Å². The number of para-hydroxylation sites is 1. The Balaban J connectivity index is 2.15. The number of primary amides is 1. The molecule has 0 saturated carbocycles. The number of carbonyl (C=O) groups excluding carboxylic acids is 1. The molecule has 2 N–H and O–H groups in total. The van der Waals surface area contributed by atoms with Crippen molar-refractivity contribution in [1.29, 1.82) is 0 Å². The minimum absolute atomic E-state index is 0.404. The number of amides is 1. The maximum Gasteiger partial charge on any atom is 0.258 e. The van der Waals surface area contributed by atoms with Crippen molar-refractivity contribution >= 4 is 29.6 Å². The number of aliphatic imine (C=N–C) groups is 1. The Kier molecular flexibility index (Phi) is 2.00. The number of anilines is 1. The van der Waals surface area contributed by atoms with Crippen LogP contribution in [0.25, 0.3) is 0 Å². The fourth-order valence-electron chi connectivity index (χ4n) is 1.84.